The van der Waals surface area contributed by atoms with Crippen LogP contribution in [0.1, 0.15) is 24.2 Å². The van der Waals surface area contributed by atoms with Crippen LogP contribution >= 0.6 is 0 Å². The molecule has 3 aromatic carbocycles. The molecule has 1 aliphatic carbocycles. The maximum absolute atomic E-state index is 12.7. The number of hydrogen-bond acceptors (Lipinski definition) is 3. The van der Waals surface area contributed by atoms with Crippen molar-refractivity contribution in [2.24, 2.45) is 0 Å². The van der Waals surface area contributed by atoms with E-state index < -0.39 is 0 Å². The molecular formula is C29H26NO3+. The first-order valence-electron chi connectivity index (χ1n) is 11.3. The van der Waals surface area contributed by atoms with Crippen molar-refractivity contribution >= 4 is 27.7 Å². The third kappa shape index (κ3) is 3.48. The summed E-state index contributed by atoms with van der Waals surface area (Å²) in [5, 5.41) is 4.32. The van der Waals surface area contributed by atoms with Crippen LogP contribution in [-0.2, 0) is 4.74 Å². The third-order valence-corrected chi connectivity index (χ3v) is 6.33. The first-order chi connectivity index (χ1) is 16.2. The molecular weight excluding hydrogens is 410 g/mol. The number of fused-ring (bicyclic) bond motifs is 4. The summed E-state index contributed by atoms with van der Waals surface area (Å²) >= 11 is 0. The molecule has 2 aliphatic rings. The smallest absolute Gasteiger partial charge is 0.338 e. The van der Waals surface area contributed by atoms with Crippen LogP contribution in [0.2, 0.25) is 0 Å². The van der Waals surface area contributed by atoms with E-state index in [1.807, 2.05) is 42.5 Å². The second-order valence-corrected chi connectivity index (χ2v) is 8.03. The predicted molar refractivity (Wildman–Crippen MR) is 133 cm³/mol. The van der Waals surface area contributed by atoms with Gasteiger partial charge in [-0.2, -0.15) is 0 Å². The number of nitrogens with zero attached hydrogens (tertiary/aromatic N) is 1. The highest BCUT2D eigenvalue weighted by atomic mass is 16.5. The first kappa shape index (κ1) is 21.0. The average molecular weight is 437 g/mol. The fourth-order valence-corrected chi connectivity index (χ4v) is 4.70. The molecule has 0 saturated carbocycles. The SMILES string of the molecule is CC[N+](CC)=c1ccc2c(-c3ccccc3C(=O)OC)c3c(ccc4ccccc43)oc-2c1. The van der Waals surface area contributed by atoms with E-state index in [1.54, 1.807) is 0 Å². The molecule has 0 saturated heterocycles. The lowest BCUT2D eigenvalue weighted by atomic mass is 9.89. The van der Waals surface area contributed by atoms with Gasteiger partial charge in [-0.3, -0.25) is 0 Å². The molecule has 33 heavy (non-hydrogen) atoms. The van der Waals surface area contributed by atoms with Gasteiger partial charge in [0.2, 0.25) is 5.36 Å². The van der Waals surface area contributed by atoms with Crippen LogP contribution in [0.3, 0.4) is 0 Å². The second kappa shape index (κ2) is 8.55. The van der Waals surface area contributed by atoms with Gasteiger partial charge in [0.25, 0.3) is 0 Å². The Hall–Kier alpha value is -3.92. The van der Waals surface area contributed by atoms with Crippen LogP contribution in [-0.4, -0.2) is 26.2 Å². The molecule has 0 fully saturated rings. The van der Waals surface area contributed by atoms with Crippen molar-refractivity contribution < 1.29 is 13.9 Å². The van der Waals surface area contributed by atoms with Gasteiger partial charge < -0.3 is 9.15 Å². The number of methoxy groups -OCH3 is 1. The van der Waals surface area contributed by atoms with Crippen molar-refractivity contribution in [1.29, 1.82) is 0 Å². The molecule has 1 heterocycles. The Morgan fingerprint density at radius 1 is 0.879 bits per heavy atom. The minimum atomic E-state index is -0.354. The van der Waals surface area contributed by atoms with Crippen molar-refractivity contribution in [1.82, 2.24) is 4.58 Å². The quantitative estimate of drug-likeness (QED) is 0.151. The van der Waals surface area contributed by atoms with Crippen LogP contribution in [0, 0.1) is 0 Å². The lowest BCUT2D eigenvalue weighted by Gasteiger charge is -2.18. The molecule has 1 aliphatic heterocycles. The molecule has 3 aromatic rings. The summed E-state index contributed by atoms with van der Waals surface area (Å²) in [4.78, 5) is 12.7. The number of ether oxygens (including phenoxy) is 1. The van der Waals surface area contributed by atoms with E-state index in [-0.39, 0.29) is 5.97 Å². The zero-order chi connectivity index (χ0) is 22.9. The monoisotopic (exact) mass is 436 g/mol. The van der Waals surface area contributed by atoms with Crippen molar-refractivity contribution in [2.75, 3.05) is 20.2 Å². The molecule has 4 heteroatoms. The molecule has 0 N–H and O–H groups in total. The molecule has 0 amide bonds. The highest BCUT2D eigenvalue weighted by Gasteiger charge is 2.23. The summed E-state index contributed by atoms with van der Waals surface area (Å²) < 4.78 is 13.9. The van der Waals surface area contributed by atoms with Gasteiger partial charge in [0.05, 0.1) is 18.7 Å². The number of rotatable bonds is 4. The number of benzene rings is 4. The van der Waals surface area contributed by atoms with Crippen LogP contribution in [0.5, 0.6) is 0 Å². The highest BCUT2D eigenvalue weighted by molar-refractivity contribution is 6.17. The van der Waals surface area contributed by atoms with Crippen LogP contribution < -0.4 is 9.93 Å². The summed E-state index contributed by atoms with van der Waals surface area (Å²) in [7, 11) is 1.42. The Kier molecular flexibility index (Phi) is 5.43. The van der Waals surface area contributed by atoms with Gasteiger partial charge in [0.1, 0.15) is 24.4 Å². The molecule has 0 atom stereocenters. The summed E-state index contributed by atoms with van der Waals surface area (Å²) in [6, 6.07) is 26.3. The van der Waals surface area contributed by atoms with Crippen LogP contribution in [0.15, 0.2) is 83.3 Å². The Morgan fingerprint density at radius 3 is 2.42 bits per heavy atom. The van der Waals surface area contributed by atoms with Crippen LogP contribution in [0.25, 0.3) is 44.2 Å². The molecule has 5 rings (SSSR count). The number of carbonyl (C=O) groups is 1. The fourth-order valence-electron chi connectivity index (χ4n) is 4.70. The predicted octanol–water partition coefficient (Wildman–Crippen LogP) is 5.96. The normalized spacial score (nSPS) is 11.2. The molecule has 0 bridgehead atoms. The minimum absolute atomic E-state index is 0.354. The highest BCUT2D eigenvalue weighted by Crippen LogP contribution is 2.43. The number of carbonyl (C=O) groups excluding carboxylic acids is 1. The van der Waals surface area contributed by atoms with Crippen molar-refractivity contribution in [2.45, 2.75) is 13.8 Å². The van der Waals surface area contributed by atoms with Gasteiger partial charge in [0, 0.05) is 22.6 Å². The maximum atomic E-state index is 12.7. The van der Waals surface area contributed by atoms with E-state index in [4.69, 9.17) is 9.15 Å². The largest absolute Gasteiger partial charge is 0.465 e. The average Bonchev–Trinajstić information content (AvgIpc) is 2.87. The molecule has 164 valence electrons. The molecule has 0 radical (unpaired) electrons. The van der Waals surface area contributed by atoms with E-state index in [9.17, 15) is 4.79 Å². The van der Waals surface area contributed by atoms with E-state index in [0.29, 0.717) is 5.56 Å². The third-order valence-electron chi connectivity index (χ3n) is 6.33. The van der Waals surface area contributed by atoms with Crippen molar-refractivity contribution in [3.8, 4) is 22.5 Å². The molecule has 0 aromatic heterocycles. The van der Waals surface area contributed by atoms with E-state index >= 15 is 0 Å². The molecule has 0 spiro atoms. The van der Waals surface area contributed by atoms with Gasteiger partial charge >= 0.3 is 5.97 Å². The number of esters is 1. The summed E-state index contributed by atoms with van der Waals surface area (Å²) in [6.45, 7) is 6.13. The topological polar surface area (TPSA) is 42.5 Å². The summed E-state index contributed by atoms with van der Waals surface area (Å²) in [6.07, 6.45) is 0. The lowest BCUT2D eigenvalue weighted by Crippen LogP contribution is -2.29. The van der Waals surface area contributed by atoms with E-state index in [2.05, 4.69) is 54.8 Å². The Balaban J connectivity index is 2.00. The van der Waals surface area contributed by atoms with Crippen LogP contribution in [0.4, 0.5) is 0 Å². The minimum Gasteiger partial charge on any atom is -0.465 e. The Bertz CT molecular complexity index is 1540. The Labute approximate surface area is 192 Å². The van der Waals surface area contributed by atoms with Gasteiger partial charge in [0.15, 0.2) is 0 Å². The van der Waals surface area contributed by atoms with Gasteiger partial charge in [-0.1, -0.05) is 48.5 Å². The standard InChI is InChI=1S/C29H26NO3/c1-4-30(5-2)20-15-16-24-26(18-20)33-25-17-14-19-10-6-7-11-21(19)28(25)27(24)22-12-8-9-13-23(22)29(31)32-3/h6-18H,4-5H2,1-3H3/q+1. The van der Waals surface area contributed by atoms with Crippen molar-refractivity contribution in [3.63, 3.8) is 0 Å². The fraction of sp³-hybridized carbons (Fsp3) is 0.172. The summed E-state index contributed by atoms with van der Waals surface area (Å²) in [5.74, 6) is 0.435. The second-order valence-electron chi connectivity index (χ2n) is 8.03. The molecule has 0 unspecified atom stereocenters. The van der Waals surface area contributed by atoms with Crippen molar-refractivity contribution in [3.05, 3.63) is 89.8 Å². The van der Waals surface area contributed by atoms with E-state index in [0.717, 1.165) is 62.6 Å². The maximum Gasteiger partial charge on any atom is 0.338 e. The molecule has 4 nitrogen and oxygen atoms in total. The van der Waals surface area contributed by atoms with E-state index in [1.165, 1.54) is 7.11 Å². The lowest BCUT2D eigenvalue weighted by molar-refractivity contribution is 0.0601. The number of hydrogen-bond donors (Lipinski definition) is 0. The summed E-state index contributed by atoms with van der Waals surface area (Å²) in [5.41, 5.74) is 4.10. The van der Waals surface area contributed by atoms with Gasteiger partial charge in [-0.05, 0) is 48.4 Å². The first-order valence-corrected chi connectivity index (χ1v) is 11.3. The zero-order valence-electron chi connectivity index (χ0n) is 19.1. The zero-order valence-corrected chi connectivity index (χ0v) is 19.1. The Morgan fingerprint density at radius 2 is 1.64 bits per heavy atom. The van der Waals surface area contributed by atoms with Gasteiger partial charge in [-0.25, -0.2) is 9.37 Å². The van der Waals surface area contributed by atoms with Gasteiger partial charge in [-0.15, -0.1) is 0 Å².